The van der Waals surface area contributed by atoms with Crippen LogP contribution in [0.15, 0.2) is 0 Å². The Hall–Kier alpha value is -0.890. The number of nitrogens with one attached hydrogen (secondary N) is 1. The highest BCUT2D eigenvalue weighted by molar-refractivity contribution is 5.80. The molecule has 8 N–H and O–H groups in total. The Morgan fingerprint density at radius 3 is 1.40 bits per heavy atom. The number of hydrogen-bond acceptors (Lipinski definition) is 10. The molecule has 11 nitrogen and oxygen atoms in total. The minimum Gasteiger partial charge on any atom is -0.394 e. The van der Waals surface area contributed by atoms with Gasteiger partial charge in [-0.3, -0.25) is 4.79 Å². The summed E-state index contributed by atoms with van der Waals surface area (Å²) in [4.78, 5) is 13.1. The number of amides is 1. The molecule has 0 radical (unpaired) electrons. The highest BCUT2D eigenvalue weighted by Gasteiger charge is 2.44. The molecule has 358 valence electrons. The van der Waals surface area contributed by atoms with Crippen LogP contribution in [0.25, 0.3) is 0 Å². The monoisotopic (exact) mass is 860 g/mol. The fourth-order valence-corrected chi connectivity index (χ4v) is 8.50. The standard InChI is InChI=1S/C49H97NO10/c1-4-6-8-9-10-11-12-13-14-15-16-17-18-19-20-21-22-23-24-29-32-36-42(53)48(58)50-40(38-59-49-47(57)46(56)45(55)43(37-51)60-49)44(54)41(52)35-31-28-26-25-27-30-34-39(3)33-7-5-2/h39-47,49,51-57H,4-38H2,1-3H3,(H,50,58)/t39?,40-,41+,42+,43+,44-,45+,46-,47+,49+/m0/s1. The van der Waals surface area contributed by atoms with Crippen LogP contribution in [0.4, 0.5) is 0 Å². The van der Waals surface area contributed by atoms with Crippen molar-refractivity contribution in [1.82, 2.24) is 5.32 Å². The molecule has 0 aliphatic carbocycles. The largest absolute Gasteiger partial charge is 0.394 e. The first kappa shape index (κ1) is 57.1. The fraction of sp³-hybridized carbons (Fsp3) is 0.980. The van der Waals surface area contributed by atoms with Crippen molar-refractivity contribution in [2.45, 2.75) is 288 Å². The molecule has 10 atom stereocenters. The van der Waals surface area contributed by atoms with Gasteiger partial charge in [-0.1, -0.05) is 220 Å². The van der Waals surface area contributed by atoms with Gasteiger partial charge in [-0.2, -0.15) is 0 Å². The van der Waals surface area contributed by atoms with E-state index >= 15 is 0 Å². The summed E-state index contributed by atoms with van der Waals surface area (Å²) >= 11 is 0. The summed E-state index contributed by atoms with van der Waals surface area (Å²) in [5.41, 5.74) is 0. The van der Waals surface area contributed by atoms with E-state index in [-0.39, 0.29) is 6.42 Å². The summed E-state index contributed by atoms with van der Waals surface area (Å²) in [5.74, 6) is 0.0786. The van der Waals surface area contributed by atoms with E-state index in [9.17, 15) is 40.5 Å². The maximum absolute atomic E-state index is 13.1. The lowest BCUT2D eigenvalue weighted by Gasteiger charge is -2.40. The third-order valence-corrected chi connectivity index (χ3v) is 12.8. The lowest BCUT2D eigenvalue weighted by atomic mass is 9.96. The van der Waals surface area contributed by atoms with Gasteiger partial charge in [-0.25, -0.2) is 0 Å². The van der Waals surface area contributed by atoms with Gasteiger partial charge in [0.25, 0.3) is 0 Å². The second-order valence-electron chi connectivity index (χ2n) is 18.5. The van der Waals surface area contributed by atoms with Crippen LogP contribution in [0.2, 0.25) is 0 Å². The molecule has 1 amide bonds. The normalized spacial score (nSPS) is 22.1. The first-order valence-electron chi connectivity index (χ1n) is 25.3. The lowest BCUT2D eigenvalue weighted by Crippen LogP contribution is -2.60. The third-order valence-electron chi connectivity index (χ3n) is 12.8. The summed E-state index contributed by atoms with van der Waals surface area (Å²) in [6.45, 7) is 5.78. The van der Waals surface area contributed by atoms with Gasteiger partial charge in [0.15, 0.2) is 6.29 Å². The smallest absolute Gasteiger partial charge is 0.249 e. The number of rotatable bonds is 42. The summed E-state index contributed by atoms with van der Waals surface area (Å²) < 4.78 is 11.1. The van der Waals surface area contributed by atoms with E-state index in [1.165, 1.54) is 148 Å². The van der Waals surface area contributed by atoms with E-state index in [1.807, 2.05) is 0 Å². The van der Waals surface area contributed by atoms with E-state index in [2.05, 4.69) is 26.1 Å². The number of ether oxygens (including phenoxy) is 2. The topological polar surface area (TPSA) is 189 Å². The Morgan fingerprint density at radius 2 is 0.950 bits per heavy atom. The van der Waals surface area contributed by atoms with Crippen LogP contribution in [0, 0.1) is 5.92 Å². The van der Waals surface area contributed by atoms with Gasteiger partial charge < -0.3 is 50.5 Å². The van der Waals surface area contributed by atoms with E-state index in [0.717, 1.165) is 44.4 Å². The summed E-state index contributed by atoms with van der Waals surface area (Å²) in [6.07, 6.45) is 27.3. The molecule has 1 fully saturated rings. The maximum Gasteiger partial charge on any atom is 0.249 e. The number of unbranched alkanes of at least 4 members (excludes halogenated alkanes) is 26. The SMILES string of the molecule is CCCCCCCCCCCCCCCCCCCCCCC[C@@H](O)C(=O)N[C@@H](CO[C@@H]1O[C@H](CO)[C@@H](O)[C@H](O)[C@H]1O)[C@H](O)[C@H](O)CCCCCCCCC(C)CCCC. The maximum atomic E-state index is 13.1. The molecule has 60 heavy (non-hydrogen) atoms. The van der Waals surface area contributed by atoms with Crippen molar-refractivity contribution < 1.29 is 50.0 Å². The fourth-order valence-electron chi connectivity index (χ4n) is 8.50. The number of carbonyl (C=O) groups excluding carboxylic acids is 1. The first-order chi connectivity index (χ1) is 29.1. The van der Waals surface area contributed by atoms with E-state index in [4.69, 9.17) is 9.47 Å². The lowest BCUT2D eigenvalue weighted by molar-refractivity contribution is -0.303. The Labute approximate surface area is 367 Å². The average molecular weight is 860 g/mol. The molecule has 0 aromatic heterocycles. The van der Waals surface area contributed by atoms with Gasteiger partial charge in [0, 0.05) is 0 Å². The molecule has 1 unspecified atom stereocenters. The zero-order chi connectivity index (χ0) is 44.2. The van der Waals surface area contributed by atoms with Crippen LogP contribution in [0.1, 0.15) is 233 Å². The second-order valence-corrected chi connectivity index (χ2v) is 18.5. The average Bonchev–Trinajstić information content (AvgIpc) is 3.24. The third kappa shape index (κ3) is 28.0. The van der Waals surface area contributed by atoms with E-state index in [0.29, 0.717) is 19.3 Å². The number of aliphatic hydroxyl groups excluding tert-OH is 7. The Morgan fingerprint density at radius 1 is 0.550 bits per heavy atom. The molecular formula is C49H97NO10. The number of aliphatic hydroxyl groups is 7. The molecular weight excluding hydrogens is 763 g/mol. The van der Waals surface area contributed by atoms with Crippen LogP contribution >= 0.6 is 0 Å². The van der Waals surface area contributed by atoms with Gasteiger partial charge in [-0.05, 0) is 18.8 Å². The van der Waals surface area contributed by atoms with Crippen LogP contribution < -0.4 is 5.32 Å². The quantitative estimate of drug-likeness (QED) is 0.0275. The molecule has 0 bridgehead atoms. The first-order valence-corrected chi connectivity index (χ1v) is 25.3. The molecule has 0 spiro atoms. The van der Waals surface area contributed by atoms with Crippen LogP contribution in [-0.4, -0.2) is 110 Å². The minimum absolute atomic E-state index is 0.265. The van der Waals surface area contributed by atoms with Gasteiger partial charge >= 0.3 is 0 Å². The van der Waals surface area contributed by atoms with E-state index < -0.39 is 74.2 Å². The van der Waals surface area contributed by atoms with Crippen molar-refractivity contribution in [3.8, 4) is 0 Å². The van der Waals surface area contributed by atoms with Crippen molar-refractivity contribution in [2.24, 2.45) is 5.92 Å². The Kier molecular flexibility index (Phi) is 36.7. The zero-order valence-electron chi connectivity index (χ0n) is 38.9. The molecule has 1 heterocycles. The molecule has 11 heteroatoms. The zero-order valence-corrected chi connectivity index (χ0v) is 38.9. The van der Waals surface area contributed by atoms with Crippen molar-refractivity contribution in [1.29, 1.82) is 0 Å². The summed E-state index contributed by atoms with van der Waals surface area (Å²) in [6, 6.07) is -1.16. The summed E-state index contributed by atoms with van der Waals surface area (Å²) in [5, 5.41) is 75.8. The summed E-state index contributed by atoms with van der Waals surface area (Å²) in [7, 11) is 0. The second kappa shape index (κ2) is 38.6. The van der Waals surface area contributed by atoms with E-state index in [1.54, 1.807) is 0 Å². The molecule has 0 saturated carbocycles. The van der Waals surface area contributed by atoms with Gasteiger partial charge in [0.1, 0.15) is 36.6 Å². The molecule has 0 aromatic rings. The van der Waals surface area contributed by atoms with Gasteiger partial charge in [-0.15, -0.1) is 0 Å². The molecule has 1 aliphatic heterocycles. The molecule has 1 saturated heterocycles. The molecule has 1 rings (SSSR count). The number of carbonyl (C=O) groups is 1. The highest BCUT2D eigenvalue weighted by Crippen LogP contribution is 2.24. The van der Waals surface area contributed by atoms with Crippen molar-refractivity contribution in [3.05, 3.63) is 0 Å². The van der Waals surface area contributed by atoms with Crippen molar-refractivity contribution >= 4 is 5.91 Å². The van der Waals surface area contributed by atoms with Crippen LogP contribution in [0.3, 0.4) is 0 Å². The van der Waals surface area contributed by atoms with Gasteiger partial charge in [0.05, 0.1) is 25.4 Å². The van der Waals surface area contributed by atoms with Crippen molar-refractivity contribution in [3.63, 3.8) is 0 Å². The molecule has 0 aromatic carbocycles. The van der Waals surface area contributed by atoms with Crippen LogP contribution in [-0.2, 0) is 14.3 Å². The van der Waals surface area contributed by atoms with Crippen LogP contribution in [0.5, 0.6) is 0 Å². The predicted molar refractivity (Wildman–Crippen MR) is 243 cm³/mol. The van der Waals surface area contributed by atoms with Gasteiger partial charge in [0.2, 0.25) is 5.91 Å². The predicted octanol–water partition coefficient (Wildman–Crippen LogP) is 8.92. The minimum atomic E-state index is -1.66. The highest BCUT2D eigenvalue weighted by atomic mass is 16.7. The molecule has 1 aliphatic rings. The Balaban J connectivity index is 2.36. The number of hydrogen-bond donors (Lipinski definition) is 8. The Bertz CT molecular complexity index is 959. The van der Waals surface area contributed by atoms with Crippen molar-refractivity contribution in [2.75, 3.05) is 13.2 Å².